The van der Waals surface area contributed by atoms with Crippen LogP contribution in [0.1, 0.15) is 43.9 Å². The molecule has 0 saturated heterocycles. The van der Waals surface area contributed by atoms with Gasteiger partial charge in [-0.25, -0.2) is 8.78 Å². The zero-order chi connectivity index (χ0) is 27.8. The van der Waals surface area contributed by atoms with E-state index in [2.05, 4.69) is 10.6 Å². The van der Waals surface area contributed by atoms with E-state index in [1.54, 1.807) is 6.07 Å². The molecule has 2 N–H and O–H groups in total. The molecule has 4 rings (SSSR count). The molecule has 2 aromatic carbocycles. The number of furan rings is 1. The molecule has 8 nitrogen and oxygen atoms in total. The van der Waals surface area contributed by atoms with Crippen LogP contribution in [0.25, 0.3) is 0 Å². The second-order valence-electron chi connectivity index (χ2n) is 9.29. The molecular weight excluding hydrogens is 528 g/mol. The number of benzene rings is 2. The molecule has 0 radical (unpaired) electrons. The maximum atomic E-state index is 14.2. The van der Waals surface area contributed by atoms with Crippen LogP contribution >= 0.6 is 0 Å². The number of halogens is 2. The summed E-state index contributed by atoms with van der Waals surface area (Å²) in [7, 11) is -1.97. The molecule has 39 heavy (non-hydrogen) atoms. The fourth-order valence-corrected chi connectivity index (χ4v) is 5.43. The maximum Gasteiger partial charge on any atom is 0.251 e. The van der Waals surface area contributed by atoms with Crippen molar-refractivity contribution in [3.8, 4) is 0 Å². The molecular formula is C28H29F2N3O5S. The third kappa shape index (κ3) is 7.82. The summed E-state index contributed by atoms with van der Waals surface area (Å²) in [5.41, 5.74) is 0.385. The van der Waals surface area contributed by atoms with E-state index in [-0.39, 0.29) is 17.5 Å². The Morgan fingerprint density at radius 1 is 0.949 bits per heavy atom. The summed E-state index contributed by atoms with van der Waals surface area (Å²) in [6, 6.07) is 12.0. The zero-order valence-corrected chi connectivity index (χ0v) is 21.9. The predicted octanol–water partition coefficient (Wildman–Crippen LogP) is 4.47. The first-order valence-electron chi connectivity index (χ1n) is 12.6. The highest BCUT2D eigenvalue weighted by molar-refractivity contribution is 7.86. The molecule has 1 aliphatic rings. The van der Waals surface area contributed by atoms with Gasteiger partial charge in [-0.3, -0.25) is 23.5 Å². The van der Waals surface area contributed by atoms with Gasteiger partial charge in [-0.15, -0.1) is 0 Å². The van der Waals surface area contributed by atoms with Gasteiger partial charge >= 0.3 is 0 Å². The van der Waals surface area contributed by atoms with Crippen molar-refractivity contribution < 1.29 is 31.8 Å². The van der Waals surface area contributed by atoms with E-state index in [0.29, 0.717) is 5.69 Å². The molecule has 1 fully saturated rings. The lowest BCUT2D eigenvalue weighted by Gasteiger charge is -2.32. The number of carbonyl (C=O) groups is 3. The van der Waals surface area contributed by atoms with Crippen molar-refractivity contribution in [1.29, 1.82) is 0 Å². The molecule has 1 aromatic heterocycles. The molecule has 0 bridgehead atoms. The summed E-state index contributed by atoms with van der Waals surface area (Å²) < 4.78 is 45.7. The topological polar surface area (TPSA) is 109 Å². The van der Waals surface area contributed by atoms with Crippen LogP contribution in [0, 0.1) is 11.6 Å². The Hall–Kier alpha value is -3.86. The first-order valence-corrected chi connectivity index (χ1v) is 14.1. The van der Waals surface area contributed by atoms with Gasteiger partial charge in [-0.1, -0.05) is 25.3 Å². The van der Waals surface area contributed by atoms with Crippen LogP contribution in [-0.2, 0) is 25.2 Å². The molecule has 3 aromatic rings. The van der Waals surface area contributed by atoms with Crippen LogP contribution in [0.2, 0.25) is 0 Å². The van der Waals surface area contributed by atoms with Crippen molar-refractivity contribution in [1.82, 2.24) is 5.32 Å². The highest BCUT2D eigenvalue weighted by atomic mass is 32.2. The number of carbonyl (C=O) groups excluding carboxylic acids is 3. The molecule has 3 amide bonds. The van der Waals surface area contributed by atoms with Crippen LogP contribution in [0.3, 0.4) is 0 Å². The van der Waals surface area contributed by atoms with Gasteiger partial charge in [0.15, 0.2) is 6.04 Å². The fourth-order valence-electron chi connectivity index (χ4n) is 4.55. The van der Waals surface area contributed by atoms with Crippen molar-refractivity contribution in [3.05, 3.63) is 84.3 Å². The third-order valence-corrected chi connectivity index (χ3v) is 7.48. The van der Waals surface area contributed by atoms with Gasteiger partial charge in [-0.05, 0) is 67.4 Å². The highest BCUT2D eigenvalue weighted by Crippen LogP contribution is 2.30. The predicted molar refractivity (Wildman–Crippen MR) is 143 cm³/mol. The van der Waals surface area contributed by atoms with Crippen LogP contribution in [0.15, 0.2) is 71.3 Å². The van der Waals surface area contributed by atoms with Gasteiger partial charge in [-0.2, -0.15) is 0 Å². The van der Waals surface area contributed by atoms with E-state index < -0.39 is 57.7 Å². The second kappa shape index (κ2) is 13.3. The molecule has 1 aliphatic carbocycles. The van der Waals surface area contributed by atoms with E-state index in [0.717, 1.165) is 43.1 Å². The van der Waals surface area contributed by atoms with Gasteiger partial charge in [0.2, 0.25) is 11.8 Å². The van der Waals surface area contributed by atoms with Crippen molar-refractivity contribution in [2.45, 2.75) is 44.2 Å². The Kier molecular flexibility index (Phi) is 9.59. The number of hydrogen-bond acceptors (Lipinski definition) is 5. The van der Waals surface area contributed by atoms with Crippen molar-refractivity contribution in [2.24, 2.45) is 0 Å². The summed E-state index contributed by atoms with van der Waals surface area (Å²) in [4.78, 5) is 40.6. The molecule has 1 saturated carbocycles. The number of anilines is 2. The van der Waals surface area contributed by atoms with Crippen molar-refractivity contribution in [2.75, 3.05) is 21.7 Å². The van der Waals surface area contributed by atoms with Crippen LogP contribution in [-0.4, -0.2) is 39.5 Å². The molecule has 11 heteroatoms. The Labute approximate surface area is 227 Å². The molecule has 0 aliphatic heterocycles. The average molecular weight is 558 g/mol. The van der Waals surface area contributed by atoms with E-state index in [1.807, 2.05) is 0 Å². The monoisotopic (exact) mass is 557 g/mol. The summed E-state index contributed by atoms with van der Waals surface area (Å²) in [6.45, 7) is 0. The average Bonchev–Trinajstić information content (AvgIpc) is 3.43. The molecule has 0 spiro atoms. The summed E-state index contributed by atoms with van der Waals surface area (Å²) in [5.74, 6) is -3.97. The SMILES string of the molecule is O=C(C[S@@](=O)CC(=O)N(c1cccc(F)c1)[C@@H](C(=O)NC1CCCCC1)c1ccco1)Nc1ccc(F)cc1. The lowest BCUT2D eigenvalue weighted by Crippen LogP contribution is -2.48. The van der Waals surface area contributed by atoms with Gasteiger partial charge in [0.05, 0.1) is 6.26 Å². The Morgan fingerprint density at radius 3 is 2.36 bits per heavy atom. The normalized spacial score (nSPS) is 15.2. The highest BCUT2D eigenvalue weighted by Gasteiger charge is 2.36. The van der Waals surface area contributed by atoms with E-state index in [4.69, 9.17) is 4.42 Å². The maximum absolute atomic E-state index is 14.2. The zero-order valence-electron chi connectivity index (χ0n) is 21.1. The number of amides is 3. The first-order chi connectivity index (χ1) is 18.8. The second-order valence-corrected chi connectivity index (χ2v) is 10.7. The van der Waals surface area contributed by atoms with Crippen LogP contribution < -0.4 is 15.5 Å². The Morgan fingerprint density at radius 2 is 1.69 bits per heavy atom. The van der Waals surface area contributed by atoms with E-state index >= 15 is 0 Å². The van der Waals surface area contributed by atoms with Gasteiger partial charge in [0, 0.05) is 28.2 Å². The van der Waals surface area contributed by atoms with Gasteiger partial charge in [0.25, 0.3) is 5.91 Å². The Bertz CT molecular complexity index is 1310. The summed E-state index contributed by atoms with van der Waals surface area (Å²) in [5, 5.41) is 5.49. The number of rotatable bonds is 10. The molecule has 0 unspecified atom stereocenters. The van der Waals surface area contributed by atoms with E-state index in [1.165, 1.54) is 54.8 Å². The lowest BCUT2D eigenvalue weighted by atomic mass is 9.95. The molecule has 206 valence electrons. The quantitative estimate of drug-likeness (QED) is 0.383. The Balaban J connectivity index is 1.55. The van der Waals surface area contributed by atoms with Gasteiger partial charge < -0.3 is 15.1 Å². The molecule has 2 atom stereocenters. The minimum Gasteiger partial charge on any atom is -0.467 e. The van der Waals surface area contributed by atoms with E-state index in [9.17, 15) is 27.4 Å². The summed E-state index contributed by atoms with van der Waals surface area (Å²) in [6.07, 6.45) is 6.00. The minimum atomic E-state index is -1.97. The van der Waals surface area contributed by atoms with Crippen LogP contribution in [0.5, 0.6) is 0 Å². The van der Waals surface area contributed by atoms with Crippen molar-refractivity contribution in [3.63, 3.8) is 0 Å². The van der Waals surface area contributed by atoms with Crippen molar-refractivity contribution >= 4 is 39.9 Å². The fraction of sp³-hybridized carbons (Fsp3) is 0.321. The summed E-state index contributed by atoms with van der Waals surface area (Å²) >= 11 is 0. The number of nitrogens with zero attached hydrogens (tertiary/aromatic N) is 1. The molecule has 1 heterocycles. The van der Waals surface area contributed by atoms with Gasteiger partial charge in [0.1, 0.15) is 28.9 Å². The number of hydrogen-bond donors (Lipinski definition) is 2. The minimum absolute atomic E-state index is 0.0718. The largest absolute Gasteiger partial charge is 0.467 e. The lowest BCUT2D eigenvalue weighted by molar-refractivity contribution is -0.127. The smallest absolute Gasteiger partial charge is 0.251 e. The standard InChI is InChI=1S/C28H29F2N3O5S/c29-19-11-13-22(14-12-19)31-25(34)17-39(37)18-26(35)33(23-9-4-6-20(30)16-23)27(24-10-5-15-38-24)28(36)32-21-7-2-1-3-8-21/h4-6,9-16,21,27H,1-3,7-8,17-18H2,(H,31,34)(H,32,36)/t27-,39-/m1/s1. The first kappa shape index (κ1) is 28.2. The third-order valence-electron chi connectivity index (χ3n) is 6.33. The number of nitrogens with one attached hydrogen (secondary N) is 2. The van der Waals surface area contributed by atoms with Crippen LogP contribution in [0.4, 0.5) is 20.2 Å².